The highest BCUT2D eigenvalue weighted by atomic mass is 32.2. The maximum absolute atomic E-state index is 12.6. The van der Waals surface area contributed by atoms with Gasteiger partial charge in [-0.1, -0.05) is 83.8 Å². The van der Waals surface area contributed by atoms with Crippen molar-refractivity contribution in [2.24, 2.45) is 0 Å². The second-order valence-electron chi connectivity index (χ2n) is 5.53. The molecule has 3 rings (SSSR count). The number of anilines is 1. The minimum atomic E-state index is -0.355. The molecule has 0 saturated carbocycles. The number of carbonyl (C=O) groups excluding carboxylic acids is 2. The van der Waals surface area contributed by atoms with Crippen LogP contribution >= 0.6 is 47.1 Å². The molecule has 1 aromatic carbocycles. The van der Waals surface area contributed by atoms with Gasteiger partial charge in [-0.05, 0) is 24.3 Å². The summed E-state index contributed by atoms with van der Waals surface area (Å²) >= 11 is 9.33. The van der Waals surface area contributed by atoms with Crippen LogP contribution in [0.15, 0.2) is 33.5 Å². The molecule has 1 aromatic heterocycles. The molecule has 2 heterocycles. The standard InChI is InChI=1S/C17H16N4O2S4/c1-3-25-16-20-19-15(27-16)18-13(22)9-21-14(23)12(26-17(21)24)8-11-6-4-10(2)5-7-11/h4-8H,3,9H2,1-2H3,(H,18,19,22)/b12-8-. The van der Waals surface area contributed by atoms with E-state index < -0.39 is 0 Å². The van der Waals surface area contributed by atoms with Crippen LogP contribution in [0.2, 0.25) is 0 Å². The van der Waals surface area contributed by atoms with Gasteiger partial charge >= 0.3 is 0 Å². The van der Waals surface area contributed by atoms with Crippen LogP contribution < -0.4 is 5.32 Å². The monoisotopic (exact) mass is 436 g/mol. The van der Waals surface area contributed by atoms with Crippen LogP contribution in [-0.4, -0.2) is 43.5 Å². The number of benzene rings is 1. The molecule has 27 heavy (non-hydrogen) atoms. The number of hydrogen-bond donors (Lipinski definition) is 1. The number of rotatable bonds is 6. The van der Waals surface area contributed by atoms with Crippen molar-refractivity contribution in [1.82, 2.24) is 15.1 Å². The van der Waals surface area contributed by atoms with E-state index in [1.54, 1.807) is 17.8 Å². The fraction of sp³-hybridized carbons (Fsp3) is 0.235. The van der Waals surface area contributed by atoms with Gasteiger partial charge in [-0.3, -0.25) is 19.8 Å². The molecule has 2 aromatic rings. The Labute approximate surface area is 174 Å². The Morgan fingerprint density at radius 3 is 2.78 bits per heavy atom. The number of amides is 2. The molecule has 1 aliphatic heterocycles. The zero-order valence-corrected chi connectivity index (χ0v) is 17.9. The molecule has 2 amide bonds. The first-order chi connectivity index (χ1) is 13.0. The Morgan fingerprint density at radius 2 is 2.07 bits per heavy atom. The maximum Gasteiger partial charge on any atom is 0.266 e. The summed E-state index contributed by atoms with van der Waals surface area (Å²) in [6.45, 7) is 3.87. The Morgan fingerprint density at radius 1 is 1.33 bits per heavy atom. The first-order valence-corrected chi connectivity index (χ1v) is 11.1. The van der Waals surface area contributed by atoms with E-state index in [9.17, 15) is 9.59 Å². The van der Waals surface area contributed by atoms with Crippen molar-refractivity contribution in [2.45, 2.75) is 18.2 Å². The summed E-state index contributed by atoms with van der Waals surface area (Å²) in [7, 11) is 0. The van der Waals surface area contributed by atoms with Gasteiger partial charge in [-0.2, -0.15) is 0 Å². The number of thiocarbonyl (C=S) groups is 1. The third kappa shape index (κ3) is 5.16. The predicted octanol–water partition coefficient (Wildman–Crippen LogP) is 3.80. The minimum absolute atomic E-state index is 0.147. The van der Waals surface area contributed by atoms with E-state index in [0.29, 0.717) is 14.4 Å². The molecule has 140 valence electrons. The zero-order chi connectivity index (χ0) is 19.4. The summed E-state index contributed by atoms with van der Waals surface area (Å²) in [5, 5.41) is 11.0. The van der Waals surface area contributed by atoms with E-state index >= 15 is 0 Å². The number of aromatic nitrogens is 2. The topological polar surface area (TPSA) is 75.2 Å². The van der Waals surface area contributed by atoms with Gasteiger partial charge in [0.2, 0.25) is 11.0 Å². The Kier molecular flexibility index (Phi) is 6.64. The summed E-state index contributed by atoms with van der Waals surface area (Å²) in [6.07, 6.45) is 1.79. The lowest BCUT2D eigenvalue weighted by atomic mass is 10.1. The first kappa shape index (κ1) is 20.0. The Bertz CT molecular complexity index is 908. The number of nitrogens with zero attached hydrogens (tertiary/aromatic N) is 3. The highest BCUT2D eigenvalue weighted by Crippen LogP contribution is 2.32. The van der Waals surface area contributed by atoms with Gasteiger partial charge in [0.15, 0.2) is 4.34 Å². The van der Waals surface area contributed by atoms with Crippen LogP contribution in [0, 0.1) is 6.92 Å². The van der Waals surface area contributed by atoms with Crippen LogP contribution in [0.1, 0.15) is 18.1 Å². The molecule has 0 unspecified atom stereocenters. The van der Waals surface area contributed by atoms with Crippen molar-refractivity contribution in [3.8, 4) is 0 Å². The lowest BCUT2D eigenvalue weighted by molar-refractivity contribution is -0.126. The summed E-state index contributed by atoms with van der Waals surface area (Å²) in [4.78, 5) is 26.7. The maximum atomic E-state index is 12.6. The van der Waals surface area contributed by atoms with Crippen LogP contribution in [-0.2, 0) is 9.59 Å². The van der Waals surface area contributed by atoms with Crippen LogP contribution in [0.25, 0.3) is 6.08 Å². The SMILES string of the molecule is CCSc1nnc(NC(=O)CN2C(=O)/C(=C/c3ccc(C)cc3)SC2=S)s1. The molecule has 0 radical (unpaired) electrons. The summed E-state index contributed by atoms with van der Waals surface area (Å²) < 4.78 is 1.16. The summed E-state index contributed by atoms with van der Waals surface area (Å²) in [5.74, 6) is 0.263. The largest absolute Gasteiger partial charge is 0.299 e. The fourth-order valence-electron chi connectivity index (χ4n) is 2.19. The number of hydrogen-bond acceptors (Lipinski definition) is 8. The number of thioether (sulfide) groups is 2. The Balaban J connectivity index is 1.64. The van der Waals surface area contributed by atoms with Crippen LogP contribution in [0.3, 0.4) is 0 Å². The van der Waals surface area contributed by atoms with Gasteiger partial charge in [-0.15, -0.1) is 10.2 Å². The van der Waals surface area contributed by atoms with E-state index in [4.69, 9.17) is 12.2 Å². The van der Waals surface area contributed by atoms with Crippen molar-refractivity contribution in [3.63, 3.8) is 0 Å². The van der Waals surface area contributed by atoms with E-state index in [0.717, 1.165) is 21.2 Å². The molecule has 0 bridgehead atoms. The van der Waals surface area contributed by atoms with Crippen molar-refractivity contribution < 1.29 is 9.59 Å². The number of carbonyl (C=O) groups is 2. The molecular weight excluding hydrogens is 420 g/mol. The highest BCUT2D eigenvalue weighted by Gasteiger charge is 2.33. The van der Waals surface area contributed by atoms with Gasteiger partial charge in [0.05, 0.1) is 4.91 Å². The molecule has 1 N–H and O–H groups in total. The summed E-state index contributed by atoms with van der Waals surface area (Å²) in [5.41, 5.74) is 2.06. The smallest absolute Gasteiger partial charge is 0.266 e. The quantitative estimate of drug-likeness (QED) is 0.319. The average Bonchev–Trinajstić information content (AvgIpc) is 3.17. The number of aryl methyl sites for hydroxylation is 1. The lowest BCUT2D eigenvalue weighted by Crippen LogP contribution is -2.36. The van der Waals surface area contributed by atoms with Crippen molar-refractivity contribution >= 4 is 74.4 Å². The molecule has 1 saturated heterocycles. The van der Waals surface area contributed by atoms with Gasteiger partial charge in [-0.25, -0.2) is 0 Å². The molecule has 0 aliphatic carbocycles. The zero-order valence-electron chi connectivity index (χ0n) is 14.6. The third-order valence-electron chi connectivity index (χ3n) is 3.47. The van der Waals surface area contributed by atoms with Gasteiger partial charge < -0.3 is 0 Å². The Hall–Kier alpha value is -1.75. The van der Waals surface area contributed by atoms with Crippen molar-refractivity contribution in [2.75, 3.05) is 17.6 Å². The lowest BCUT2D eigenvalue weighted by Gasteiger charge is -2.13. The second-order valence-corrected chi connectivity index (χ2v) is 9.70. The van der Waals surface area contributed by atoms with E-state index in [1.165, 1.54) is 28.0 Å². The van der Waals surface area contributed by atoms with E-state index in [2.05, 4.69) is 15.5 Å². The average molecular weight is 437 g/mol. The fourth-order valence-corrected chi connectivity index (χ4v) is 5.12. The summed E-state index contributed by atoms with van der Waals surface area (Å²) in [6, 6.07) is 7.84. The molecule has 0 spiro atoms. The third-order valence-corrected chi connectivity index (χ3v) is 6.70. The number of nitrogens with one attached hydrogen (secondary N) is 1. The minimum Gasteiger partial charge on any atom is -0.299 e. The molecule has 1 fully saturated rings. The molecule has 10 heteroatoms. The van der Waals surface area contributed by atoms with E-state index in [1.807, 2.05) is 38.1 Å². The van der Waals surface area contributed by atoms with Crippen LogP contribution in [0.4, 0.5) is 5.13 Å². The van der Waals surface area contributed by atoms with Gasteiger partial charge in [0, 0.05) is 0 Å². The van der Waals surface area contributed by atoms with Gasteiger partial charge in [0.25, 0.3) is 5.91 Å². The van der Waals surface area contributed by atoms with Crippen LogP contribution in [0.5, 0.6) is 0 Å². The normalized spacial score (nSPS) is 15.6. The molecule has 6 nitrogen and oxygen atoms in total. The molecule has 0 atom stereocenters. The molecule has 1 aliphatic rings. The molecular formula is C17H16N4O2S4. The predicted molar refractivity (Wildman–Crippen MR) is 116 cm³/mol. The van der Waals surface area contributed by atoms with E-state index in [-0.39, 0.29) is 18.4 Å². The highest BCUT2D eigenvalue weighted by molar-refractivity contribution is 8.26. The second kappa shape index (κ2) is 8.96. The van der Waals surface area contributed by atoms with Gasteiger partial charge in [0.1, 0.15) is 10.9 Å². The van der Waals surface area contributed by atoms with Crippen molar-refractivity contribution in [1.29, 1.82) is 0 Å². The first-order valence-electron chi connectivity index (χ1n) is 8.04. The van der Waals surface area contributed by atoms with Crippen molar-refractivity contribution in [3.05, 3.63) is 40.3 Å².